The summed E-state index contributed by atoms with van der Waals surface area (Å²) in [5.41, 5.74) is -0.415. The summed E-state index contributed by atoms with van der Waals surface area (Å²) in [6.45, 7) is -0.402. The van der Waals surface area contributed by atoms with E-state index in [1.54, 1.807) is 0 Å². The Hall–Kier alpha value is -1.79. The molecule has 1 aromatic carbocycles. The Morgan fingerprint density at radius 1 is 1.33 bits per heavy atom. The Kier molecular flexibility index (Phi) is 4.52. The maximum Gasteiger partial charge on any atom is 0.389 e. The number of halogens is 4. The number of hydrogen-bond donors (Lipinski definition) is 1. The van der Waals surface area contributed by atoms with Gasteiger partial charge in [0.15, 0.2) is 11.6 Å². The van der Waals surface area contributed by atoms with E-state index in [9.17, 15) is 22.4 Å². The van der Waals surface area contributed by atoms with Gasteiger partial charge in [-0.05, 0) is 18.6 Å². The minimum atomic E-state index is -4.31. The molecule has 0 fully saturated rings. The van der Waals surface area contributed by atoms with Crippen molar-refractivity contribution in [3.8, 4) is 5.75 Å². The van der Waals surface area contributed by atoms with Crippen LogP contribution >= 0.6 is 0 Å². The number of benzene rings is 1. The highest BCUT2D eigenvalue weighted by atomic mass is 19.4. The monoisotopic (exact) mass is 266 g/mol. The third-order valence-electron chi connectivity index (χ3n) is 2.05. The Bertz CT molecular complexity index is 429. The summed E-state index contributed by atoms with van der Waals surface area (Å²) in [5, 5.41) is 8.75. The molecule has 0 radical (unpaired) electrons. The lowest BCUT2D eigenvalue weighted by atomic mass is 10.2. The number of carboxylic acid groups (broad SMARTS) is 1. The zero-order valence-corrected chi connectivity index (χ0v) is 9.13. The van der Waals surface area contributed by atoms with E-state index < -0.39 is 42.3 Å². The molecule has 7 heteroatoms. The number of alkyl halides is 3. The minimum Gasteiger partial charge on any atom is -0.490 e. The summed E-state index contributed by atoms with van der Waals surface area (Å²) < 4.78 is 53.6. The molecule has 0 saturated heterocycles. The maximum absolute atomic E-state index is 13.3. The number of ether oxygens (including phenoxy) is 1. The van der Waals surface area contributed by atoms with Gasteiger partial charge in [0.2, 0.25) is 0 Å². The molecule has 0 unspecified atom stereocenters. The molecule has 0 amide bonds. The molecular formula is C11H10F4O3. The Morgan fingerprint density at radius 3 is 2.56 bits per heavy atom. The first-order chi connectivity index (χ1) is 8.31. The number of para-hydroxylation sites is 1. The summed E-state index contributed by atoms with van der Waals surface area (Å²) in [4.78, 5) is 10.7. The first-order valence-corrected chi connectivity index (χ1v) is 5.02. The molecular weight excluding hydrogens is 256 g/mol. The van der Waals surface area contributed by atoms with Crippen LogP contribution < -0.4 is 4.74 Å². The average Bonchev–Trinajstić information content (AvgIpc) is 2.24. The lowest BCUT2D eigenvalue weighted by molar-refractivity contribution is -0.136. The third-order valence-corrected chi connectivity index (χ3v) is 2.05. The van der Waals surface area contributed by atoms with Gasteiger partial charge < -0.3 is 9.84 Å². The zero-order chi connectivity index (χ0) is 13.8. The van der Waals surface area contributed by atoms with Gasteiger partial charge in [-0.25, -0.2) is 9.18 Å². The van der Waals surface area contributed by atoms with Crippen molar-refractivity contribution in [1.82, 2.24) is 0 Å². The predicted molar refractivity (Wildman–Crippen MR) is 54.1 cm³/mol. The summed E-state index contributed by atoms with van der Waals surface area (Å²) in [5.74, 6) is -2.85. The summed E-state index contributed by atoms with van der Waals surface area (Å²) in [7, 11) is 0. The standard InChI is InChI=1S/C11H10F4O3/c12-8-4-1-3-7(10(16)17)9(8)18-6-2-5-11(13,14)15/h1,3-4H,2,5-6H2,(H,16,17). The average molecular weight is 266 g/mol. The molecule has 3 nitrogen and oxygen atoms in total. The smallest absolute Gasteiger partial charge is 0.389 e. The van der Waals surface area contributed by atoms with Gasteiger partial charge >= 0.3 is 12.1 Å². The second-order valence-electron chi connectivity index (χ2n) is 3.49. The molecule has 18 heavy (non-hydrogen) atoms. The van der Waals surface area contributed by atoms with Gasteiger partial charge in [0, 0.05) is 6.42 Å². The van der Waals surface area contributed by atoms with Crippen LogP contribution in [0.15, 0.2) is 18.2 Å². The maximum atomic E-state index is 13.3. The second kappa shape index (κ2) is 5.70. The van der Waals surface area contributed by atoms with E-state index in [4.69, 9.17) is 9.84 Å². The number of hydrogen-bond acceptors (Lipinski definition) is 2. The molecule has 0 atom stereocenters. The van der Waals surface area contributed by atoms with Crippen LogP contribution in [0.5, 0.6) is 5.75 Å². The van der Waals surface area contributed by atoms with Crippen molar-refractivity contribution in [2.24, 2.45) is 0 Å². The summed E-state index contributed by atoms with van der Waals surface area (Å²) >= 11 is 0. The number of rotatable bonds is 5. The molecule has 0 aliphatic carbocycles. The van der Waals surface area contributed by atoms with Crippen LogP contribution in [-0.4, -0.2) is 23.9 Å². The van der Waals surface area contributed by atoms with Crippen LogP contribution in [0.3, 0.4) is 0 Å². The fourth-order valence-electron chi connectivity index (χ4n) is 1.27. The van der Waals surface area contributed by atoms with E-state index in [1.165, 1.54) is 6.07 Å². The van der Waals surface area contributed by atoms with Crippen molar-refractivity contribution >= 4 is 5.97 Å². The zero-order valence-electron chi connectivity index (χ0n) is 9.13. The van der Waals surface area contributed by atoms with Crippen LogP contribution in [0.2, 0.25) is 0 Å². The van der Waals surface area contributed by atoms with Crippen LogP contribution in [0, 0.1) is 5.82 Å². The second-order valence-corrected chi connectivity index (χ2v) is 3.49. The summed E-state index contributed by atoms with van der Waals surface area (Å²) in [6.07, 6.45) is -5.74. The van der Waals surface area contributed by atoms with E-state index in [0.717, 1.165) is 12.1 Å². The van der Waals surface area contributed by atoms with Crippen molar-refractivity contribution in [2.75, 3.05) is 6.61 Å². The molecule has 0 aliphatic heterocycles. The Morgan fingerprint density at radius 2 is 2.00 bits per heavy atom. The van der Waals surface area contributed by atoms with Gasteiger partial charge in [-0.1, -0.05) is 6.07 Å². The highest BCUT2D eigenvalue weighted by Gasteiger charge is 2.26. The van der Waals surface area contributed by atoms with E-state index in [-0.39, 0.29) is 6.42 Å². The molecule has 0 aliphatic rings. The first kappa shape index (κ1) is 14.3. The van der Waals surface area contributed by atoms with E-state index in [1.807, 2.05) is 0 Å². The van der Waals surface area contributed by atoms with E-state index in [0.29, 0.717) is 0 Å². The highest BCUT2D eigenvalue weighted by Crippen LogP contribution is 2.25. The first-order valence-electron chi connectivity index (χ1n) is 5.02. The highest BCUT2D eigenvalue weighted by molar-refractivity contribution is 5.90. The van der Waals surface area contributed by atoms with Crippen molar-refractivity contribution in [3.63, 3.8) is 0 Å². The van der Waals surface area contributed by atoms with Gasteiger partial charge in [-0.2, -0.15) is 13.2 Å². The van der Waals surface area contributed by atoms with E-state index in [2.05, 4.69) is 0 Å². The summed E-state index contributed by atoms with van der Waals surface area (Å²) in [6, 6.07) is 3.28. The van der Waals surface area contributed by atoms with Crippen LogP contribution in [0.25, 0.3) is 0 Å². The topological polar surface area (TPSA) is 46.5 Å². The minimum absolute atomic E-state index is 0.364. The molecule has 1 rings (SSSR count). The fourth-order valence-corrected chi connectivity index (χ4v) is 1.27. The van der Waals surface area contributed by atoms with E-state index >= 15 is 0 Å². The predicted octanol–water partition coefficient (Wildman–Crippen LogP) is 3.25. The molecule has 0 aromatic heterocycles. The van der Waals surface area contributed by atoms with Gasteiger partial charge in [-0.15, -0.1) is 0 Å². The van der Waals surface area contributed by atoms with Gasteiger partial charge in [-0.3, -0.25) is 0 Å². The molecule has 0 saturated carbocycles. The molecule has 0 heterocycles. The van der Waals surface area contributed by atoms with Gasteiger partial charge in [0.25, 0.3) is 0 Å². The number of carbonyl (C=O) groups is 1. The number of aromatic carboxylic acids is 1. The largest absolute Gasteiger partial charge is 0.490 e. The van der Waals surface area contributed by atoms with Crippen LogP contribution in [0.1, 0.15) is 23.2 Å². The molecule has 0 spiro atoms. The van der Waals surface area contributed by atoms with Crippen molar-refractivity contribution in [1.29, 1.82) is 0 Å². The SMILES string of the molecule is O=C(O)c1cccc(F)c1OCCCC(F)(F)F. The van der Waals surface area contributed by atoms with Crippen LogP contribution in [-0.2, 0) is 0 Å². The van der Waals surface area contributed by atoms with Gasteiger partial charge in [0.05, 0.1) is 6.61 Å². The molecule has 0 bridgehead atoms. The molecule has 100 valence electrons. The molecule has 1 aromatic rings. The van der Waals surface area contributed by atoms with Crippen LogP contribution in [0.4, 0.5) is 17.6 Å². The lowest BCUT2D eigenvalue weighted by Crippen LogP contribution is -2.11. The Balaban J connectivity index is 2.64. The Labute approximate surface area is 100.0 Å². The normalized spacial score (nSPS) is 11.3. The number of carboxylic acids is 1. The lowest BCUT2D eigenvalue weighted by Gasteiger charge is -2.10. The van der Waals surface area contributed by atoms with Gasteiger partial charge in [0.1, 0.15) is 5.56 Å². The molecule has 1 N–H and O–H groups in total. The quantitative estimate of drug-likeness (QED) is 0.657. The van der Waals surface area contributed by atoms with Crippen molar-refractivity contribution in [3.05, 3.63) is 29.6 Å². The fraction of sp³-hybridized carbons (Fsp3) is 0.364. The van der Waals surface area contributed by atoms with Crippen molar-refractivity contribution in [2.45, 2.75) is 19.0 Å². The third kappa shape index (κ3) is 4.23. The van der Waals surface area contributed by atoms with Crippen molar-refractivity contribution < 1.29 is 32.2 Å².